The molecule has 4 rings (SSSR count). The maximum Gasteiger partial charge on any atom is 0.286 e. The lowest BCUT2D eigenvalue weighted by atomic mass is 9.96. The van der Waals surface area contributed by atoms with E-state index < -0.39 is 35.4 Å². The van der Waals surface area contributed by atoms with E-state index in [0.29, 0.717) is 44.2 Å². The number of rotatable bonds is 16. The quantitative estimate of drug-likeness (QED) is 0.125. The van der Waals surface area contributed by atoms with E-state index in [2.05, 4.69) is 31.1 Å². The van der Waals surface area contributed by atoms with Crippen LogP contribution in [0.1, 0.15) is 101 Å². The first-order valence-corrected chi connectivity index (χ1v) is 17.5. The molecule has 2 aromatic heterocycles. The number of aromatic nitrogens is 3. The van der Waals surface area contributed by atoms with Crippen molar-refractivity contribution in [3.8, 4) is 17.2 Å². The standard InChI is InChI=1S/C37H49N7O7/c1-22(2)29(31(47)35-43-42-34(51-35)24-13-8-7-9-14-24)40-33(49)27-15-12-20-44(27)36(50)30(23(3)4)39-28(46)16-10-11-19-37(5,6)41-32(48)26-18-17-25(45)21-38-26/h7-9,13-14,17-18,21-23,27,29-30,45H,10-12,15-16,19-20H2,1-6H3,(H,39,46)(H,40,49)(H,41,48)/t27-,29-,30-/m0/s1. The summed E-state index contributed by atoms with van der Waals surface area (Å²) in [4.78, 5) is 71.9. The predicted octanol–water partition coefficient (Wildman–Crippen LogP) is 4.06. The molecule has 14 nitrogen and oxygen atoms in total. The van der Waals surface area contributed by atoms with Gasteiger partial charge in [-0.25, -0.2) is 4.98 Å². The van der Waals surface area contributed by atoms with Gasteiger partial charge in [0, 0.05) is 24.1 Å². The molecule has 0 radical (unpaired) electrons. The van der Waals surface area contributed by atoms with Crippen LogP contribution in [0.5, 0.6) is 5.75 Å². The molecule has 1 fully saturated rings. The summed E-state index contributed by atoms with van der Waals surface area (Å²) in [6.07, 6.45) is 4.19. The average molecular weight is 704 g/mol. The number of Topliss-reactive ketones (excluding diaryl/α,β-unsaturated/α-hetero) is 1. The number of nitrogens with zero attached hydrogens (tertiary/aromatic N) is 4. The molecule has 1 aromatic carbocycles. The van der Waals surface area contributed by atoms with Crippen LogP contribution in [-0.2, 0) is 14.4 Å². The fourth-order valence-corrected chi connectivity index (χ4v) is 5.99. The summed E-state index contributed by atoms with van der Waals surface area (Å²) in [7, 11) is 0. The van der Waals surface area contributed by atoms with Gasteiger partial charge in [0.05, 0.1) is 12.2 Å². The van der Waals surface area contributed by atoms with Gasteiger partial charge in [-0.15, -0.1) is 10.2 Å². The number of unbranched alkanes of at least 4 members (excludes halogenated alkanes) is 1. The van der Waals surface area contributed by atoms with Crippen LogP contribution < -0.4 is 16.0 Å². The molecule has 3 aromatic rings. The molecular weight excluding hydrogens is 654 g/mol. The van der Waals surface area contributed by atoms with Crippen LogP contribution in [0, 0.1) is 11.8 Å². The Morgan fingerprint density at radius 1 is 0.941 bits per heavy atom. The largest absolute Gasteiger partial charge is 0.506 e. The van der Waals surface area contributed by atoms with E-state index in [4.69, 9.17) is 4.42 Å². The Morgan fingerprint density at radius 3 is 2.29 bits per heavy atom. The molecule has 4 amide bonds. The van der Waals surface area contributed by atoms with Crippen molar-refractivity contribution >= 4 is 29.4 Å². The Hall–Kier alpha value is -5.14. The fraction of sp³-hybridized carbons (Fsp3) is 0.514. The fourth-order valence-electron chi connectivity index (χ4n) is 5.99. The number of hydrogen-bond acceptors (Lipinski definition) is 10. The normalized spacial score (nSPS) is 15.8. The molecule has 3 atom stereocenters. The van der Waals surface area contributed by atoms with Crippen LogP contribution in [0.15, 0.2) is 53.1 Å². The van der Waals surface area contributed by atoms with Gasteiger partial charge in [0.15, 0.2) is 0 Å². The molecule has 0 unspecified atom stereocenters. The van der Waals surface area contributed by atoms with Crippen molar-refractivity contribution in [3.63, 3.8) is 0 Å². The highest BCUT2D eigenvalue weighted by molar-refractivity contribution is 6.00. The first-order chi connectivity index (χ1) is 24.2. The lowest BCUT2D eigenvalue weighted by Crippen LogP contribution is -2.57. The van der Waals surface area contributed by atoms with E-state index in [1.807, 2.05) is 45.9 Å². The Morgan fingerprint density at radius 2 is 1.65 bits per heavy atom. The number of pyridine rings is 1. The smallest absolute Gasteiger partial charge is 0.286 e. The van der Waals surface area contributed by atoms with Gasteiger partial charge in [-0.1, -0.05) is 52.3 Å². The lowest BCUT2D eigenvalue weighted by molar-refractivity contribution is -0.142. The molecule has 1 saturated heterocycles. The van der Waals surface area contributed by atoms with Crippen molar-refractivity contribution in [2.24, 2.45) is 11.8 Å². The Labute approximate surface area is 298 Å². The van der Waals surface area contributed by atoms with Crippen molar-refractivity contribution in [2.75, 3.05) is 6.54 Å². The Balaban J connectivity index is 1.30. The van der Waals surface area contributed by atoms with Crippen LogP contribution in [0.2, 0.25) is 0 Å². The zero-order valence-electron chi connectivity index (χ0n) is 30.1. The number of carbonyl (C=O) groups is 5. The second-order valence-electron chi connectivity index (χ2n) is 14.3. The third-order valence-corrected chi connectivity index (χ3v) is 8.88. The summed E-state index contributed by atoms with van der Waals surface area (Å²) in [5.74, 6) is -2.56. The summed E-state index contributed by atoms with van der Waals surface area (Å²) in [6, 6.07) is 9.29. The van der Waals surface area contributed by atoms with Crippen molar-refractivity contribution in [1.82, 2.24) is 36.0 Å². The summed E-state index contributed by atoms with van der Waals surface area (Å²) < 4.78 is 5.66. The molecule has 0 bridgehead atoms. The van der Waals surface area contributed by atoms with E-state index in [1.165, 1.54) is 23.2 Å². The molecule has 274 valence electrons. The minimum atomic E-state index is -0.956. The summed E-state index contributed by atoms with van der Waals surface area (Å²) >= 11 is 0. The number of amides is 4. The zero-order chi connectivity index (χ0) is 37.3. The SMILES string of the molecule is CC(C)[C@H](NC(=O)[C@@H]1CCCN1C(=O)[C@@H](NC(=O)CCCCC(C)(C)NC(=O)c1ccc(O)cn1)C(C)C)C(=O)c1nnc(-c2ccccc2)o1. The van der Waals surface area contributed by atoms with Crippen LogP contribution in [0.3, 0.4) is 0 Å². The highest BCUT2D eigenvalue weighted by Gasteiger charge is 2.40. The van der Waals surface area contributed by atoms with Crippen LogP contribution in [0.4, 0.5) is 0 Å². The highest BCUT2D eigenvalue weighted by atomic mass is 16.4. The number of ketones is 1. The van der Waals surface area contributed by atoms with Gasteiger partial charge >= 0.3 is 0 Å². The summed E-state index contributed by atoms with van der Waals surface area (Å²) in [5.41, 5.74) is 0.290. The van der Waals surface area contributed by atoms with Gasteiger partial charge in [0.1, 0.15) is 23.5 Å². The summed E-state index contributed by atoms with van der Waals surface area (Å²) in [5, 5.41) is 26.0. The van der Waals surface area contributed by atoms with Gasteiger partial charge in [-0.2, -0.15) is 0 Å². The average Bonchev–Trinajstić information content (AvgIpc) is 3.79. The van der Waals surface area contributed by atoms with Gasteiger partial charge in [-0.05, 0) is 75.6 Å². The number of aromatic hydroxyl groups is 1. The van der Waals surface area contributed by atoms with Crippen LogP contribution >= 0.6 is 0 Å². The maximum atomic E-state index is 13.8. The molecule has 3 heterocycles. The number of nitrogens with one attached hydrogen (secondary N) is 3. The van der Waals surface area contributed by atoms with Crippen molar-refractivity contribution in [2.45, 2.75) is 104 Å². The molecule has 0 aliphatic carbocycles. The third kappa shape index (κ3) is 10.4. The molecule has 4 N–H and O–H groups in total. The van der Waals surface area contributed by atoms with Gasteiger partial charge < -0.3 is 30.4 Å². The van der Waals surface area contributed by atoms with Gasteiger partial charge in [-0.3, -0.25) is 24.0 Å². The molecule has 0 saturated carbocycles. The van der Waals surface area contributed by atoms with Gasteiger partial charge in [0.25, 0.3) is 11.8 Å². The monoisotopic (exact) mass is 703 g/mol. The molecule has 14 heteroatoms. The second kappa shape index (κ2) is 17.2. The van der Waals surface area contributed by atoms with Gasteiger partial charge in [0.2, 0.25) is 29.4 Å². The van der Waals surface area contributed by atoms with E-state index in [-0.39, 0.29) is 59.2 Å². The lowest BCUT2D eigenvalue weighted by Gasteiger charge is -2.31. The number of benzene rings is 1. The van der Waals surface area contributed by atoms with Crippen molar-refractivity contribution in [1.29, 1.82) is 0 Å². The van der Waals surface area contributed by atoms with Crippen molar-refractivity contribution < 1.29 is 33.5 Å². The number of hydrogen-bond donors (Lipinski definition) is 4. The minimum Gasteiger partial charge on any atom is -0.506 e. The molecule has 0 spiro atoms. The van der Waals surface area contributed by atoms with Crippen molar-refractivity contribution in [3.05, 3.63) is 60.2 Å². The second-order valence-corrected chi connectivity index (χ2v) is 14.3. The molecular formula is C37H49N7O7. The predicted molar refractivity (Wildman–Crippen MR) is 188 cm³/mol. The maximum absolute atomic E-state index is 13.8. The van der Waals surface area contributed by atoms with Crippen LogP contribution in [-0.4, -0.2) is 84.8 Å². The number of likely N-dealkylation sites (tertiary alicyclic amines) is 1. The third-order valence-electron chi connectivity index (χ3n) is 8.88. The molecule has 51 heavy (non-hydrogen) atoms. The Bertz CT molecular complexity index is 1670. The molecule has 1 aliphatic heterocycles. The Kier molecular flexibility index (Phi) is 13.0. The van der Waals surface area contributed by atoms with E-state index in [9.17, 15) is 29.1 Å². The first-order valence-electron chi connectivity index (χ1n) is 17.5. The minimum absolute atomic E-state index is 0.0278. The molecule has 1 aliphatic rings. The topological polar surface area (TPSA) is 197 Å². The first kappa shape index (κ1) is 38.7. The summed E-state index contributed by atoms with van der Waals surface area (Å²) in [6.45, 7) is 11.4. The zero-order valence-corrected chi connectivity index (χ0v) is 30.1. The van der Waals surface area contributed by atoms with Crippen LogP contribution in [0.25, 0.3) is 11.5 Å². The van der Waals surface area contributed by atoms with E-state index in [0.717, 1.165) is 0 Å². The highest BCUT2D eigenvalue weighted by Crippen LogP contribution is 2.23. The van der Waals surface area contributed by atoms with E-state index in [1.54, 1.807) is 26.0 Å². The van der Waals surface area contributed by atoms with E-state index >= 15 is 0 Å². The number of carbonyl (C=O) groups excluding carboxylic acids is 5.